The molecule has 1 atom stereocenters. The monoisotopic (exact) mass is 349 g/mol. The maximum absolute atomic E-state index is 5.99. The Labute approximate surface area is 135 Å². The molecule has 0 radical (unpaired) electrons. The molecule has 0 aliphatic carbocycles. The predicted molar refractivity (Wildman–Crippen MR) is 91.4 cm³/mol. The van der Waals surface area contributed by atoms with Crippen LogP contribution in [0.3, 0.4) is 0 Å². The van der Waals surface area contributed by atoms with Gasteiger partial charge in [0.2, 0.25) is 0 Å². The van der Waals surface area contributed by atoms with Crippen molar-refractivity contribution in [3.63, 3.8) is 0 Å². The van der Waals surface area contributed by atoms with Gasteiger partial charge in [-0.2, -0.15) is 5.10 Å². The Bertz CT molecular complexity index is 587. The second-order valence-corrected chi connectivity index (χ2v) is 6.47. The number of rotatable bonds is 6. The molecule has 4 heteroatoms. The molecule has 0 spiro atoms. The maximum Gasteiger partial charge on any atom is 0.0766 e. The minimum atomic E-state index is 0.434. The topological polar surface area (TPSA) is 43.8 Å². The molecular weight excluding hydrogens is 326 g/mol. The Morgan fingerprint density at radius 1 is 1.24 bits per heavy atom. The Morgan fingerprint density at radius 3 is 2.43 bits per heavy atom. The third-order valence-corrected chi connectivity index (χ3v) is 4.88. The van der Waals surface area contributed by atoms with Crippen LogP contribution in [0.2, 0.25) is 0 Å². The second-order valence-electron chi connectivity index (χ2n) is 5.68. The lowest BCUT2D eigenvalue weighted by Crippen LogP contribution is -2.20. The van der Waals surface area contributed by atoms with E-state index < -0.39 is 0 Å². The highest BCUT2D eigenvalue weighted by atomic mass is 79.9. The van der Waals surface area contributed by atoms with E-state index in [1.165, 1.54) is 16.8 Å². The van der Waals surface area contributed by atoms with E-state index in [-0.39, 0.29) is 0 Å². The van der Waals surface area contributed by atoms with Gasteiger partial charge in [-0.15, -0.1) is 0 Å². The fourth-order valence-corrected chi connectivity index (χ4v) is 3.39. The van der Waals surface area contributed by atoms with Gasteiger partial charge < -0.3 is 5.73 Å². The van der Waals surface area contributed by atoms with Crippen molar-refractivity contribution in [1.82, 2.24) is 9.78 Å². The van der Waals surface area contributed by atoms with Crippen LogP contribution in [-0.2, 0) is 26.3 Å². The number of aryl methyl sites for hydroxylation is 3. The second kappa shape index (κ2) is 7.23. The van der Waals surface area contributed by atoms with Gasteiger partial charge in [0.15, 0.2) is 0 Å². The van der Waals surface area contributed by atoms with Crippen LogP contribution in [0.25, 0.3) is 0 Å². The lowest BCUT2D eigenvalue weighted by Gasteiger charge is -2.15. The standard InChI is InChI=1S/C17H24BrN3/c1-4-15-17(18)16(21(3)20-15)10-14(11-19)9-13-7-5-12(2)6-8-13/h5-8,14H,4,9-11,19H2,1-3H3. The average Bonchev–Trinajstić information content (AvgIpc) is 2.75. The van der Waals surface area contributed by atoms with Gasteiger partial charge in [-0.3, -0.25) is 4.68 Å². The van der Waals surface area contributed by atoms with E-state index in [0.29, 0.717) is 12.5 Å². The number of halogens is 1. The summed E-state index contributed by atoms with van der Waals surface area (Å²) in [6, 6.07) is 8.73. The summed E-state index contributed by atoms with van der Waals surface area (Å²) in [6.45, 7) is 4.93. The fraction of sp³-hybridized carbons (Fsp3) is 0.471. The minimum Gasteiger partial charge on any atom is -0.330 e. The SMILES string of the molecule is CCc1nn(C)c(CC(CN)Cc2ccc(C)cc2)c1Br. The number of nitrogens with zero attached hydrogens (tertiary/aromatic N) is 2. The van der Waals surface area contributed by atoms with Gasteiger partial charge in [0.05, 0.1) is 15.9 Å². The lowest BCUT2D eigenvalue weighted by atomic mass is 9.94. The predicted octanol–water partition coefficient (Wildman–Crippen LogP) is 3.41. The number of aromatic nitrogens is 2. The Morgan fingerprint density at radius 2 is 1.90 bits per heavy atom. The van der Waals surface area contributed by atoms with Crippen molar-refractivity contribution < 1.29 is 0 Å². The molecule has 0 fully saturated rings. The highest BCUT2D eigenvalue weighted by Gasteiger charge is 2.17. The number of nitrogens with two attached hydrogens (primary N) is 1. The van der Waals surface area contributed by atoms with Crippen LogP contribution in [0.4, 0.5) is 0 Å². The van der Waals surface area contributed by atoms with Crippen molar-refractivity contribution in [3.8, 4) is 0 Å². The quantitative estimate of drug-likeness (QED) is 0.868. The molecule has 0 bridgehead atoms. The molecule has 3 nitrogen and oxygen atoms in total. The van der Waals surface area contributed by atoms with Crippen LogP contribution < -0.4 is 5.73 Å². The van der Waals surface area contributed by atoms with E-state index in [1.54, 1.807) is 0 Å². The number of benzene rings is 1. The third kappa shape index (κ3) is 3.95. The van der Waals surface area contributed by atoms with Crippen LogP contribution in [0, 0.1) is 12.8 Å². The normalized spacial score (nSPS) is 12.6. The molecular formula is C17H24BrN3. The van der Waals surface area contributed by atoms with E-state index in [9.17, 15) is 0 Å². The summed E-state index contributed by atoms with van der Waals surface area (Å²) in [5.74, 6) is 0.434. The summed E-state index contributed by atoms with van der Waals surface area (Å²) in [5, 5.41) is 4.56. The highest BCUT2D eigenvalue weighted by Crippen LogP contribution is 2.25. The fourth-order valence-electron chi connectivity index (χ4n) is 2.61. The summed E-state index contributed by atoms with van der Waals surface area (Å²) in [6.07, 6.45) is 2.91. The molecule has 0 amide bonds. The van der Waals surface area contributed by atoms with E-state index in [4.69, 9.17) is 5.73 Å². The van der Waals surface area contributed by atoms with E-state index in [0.717, 1.165) is 29.4 Å². The molecule has 1 heterocycles. The molecule has 114 valence electrons. The molecule has 0 saturated carbocycles. The zero-order chi connectivity index (χ0) is 15.4. The van der Waals surface area contributed by atoms with Gasteiger partial charge >= 0.3 is 0 Å². The van der Waals surface area contributed by atoms with Crippen LogP contribution in [0.1, 0.15) is 29.4 Å². The van der Waals surface area contributed by atoms with Gasteiger partial charge in [0, 0.05) is 7.05 Å². The summed E-state index contributed by atoms with van der Waals surface area (Å²) in [5.41, 5.74) is 11.0. The van der Waals surface area contributed by atoms with Crippen LogP contribution in [-0.4, -0.2) is 16.3 Å². The van der Waals surface area contributed by atoms with Gasteiger partial charge in [-0.25, -0.2) is 0 Å². The number of hydrogen-bond acceptors (Lipinski definition) is 2. The van der Waals surface area contributed by atoms with E-state index in [1.807, 2.05) is 11.7 Å². The van der Waals surface area contributed by atoms with Crippen molar-refractivity contribution in [2.24, 2.45) is 18.7 Å². The molecule has 1 unspecified atom stereocenters. The molecule has 21 heavy (non-hydrogen) atoms. The van der Waals surface area contributed by atoms with Gasteiger partial charge in [-0.05, 0) is 60.1 Å². The van der Waals surface area contributed by atoms with Crippen LogP contribution in [0.15, 0.2) is 28.7 Å². The van der Waals surface area contributed by atoms with E-state index in [2.05, 4.69) is 59.1 Å². The largest absolute Gasteiger partial charge is 0.330 e. The Kier molecular flexibility index (Phi) is 5.59. The average molecular weight is 350 g/mol. The molecule has 2 aromatic rings. The van der Waals surface area contributed by atoms with Gasteiger partial charge in [-0.1, -0.05) is 36.8 Å². The van der Waals surface area contributed by atoms with Crippen LogP contribution in [0.5, 0.6) is 0 Å². The molecule has 0 saturated heterocycles. The van der Waals surface area contributed by atoms with E-state index >= 15 is 0 Å². The third-order valence-electron chi connectivity index (χ3n) is 3.96. The number of hydrogen-bond donors (Lipinski definition) is 1. The van der Waals surface area contributed by atoms with Crippen molar-refractivity contribution >= 4 is 15.9 Å². The zero-order valence-electron chi connectivity index (χ0n) is 13.1. The Balaban J connectivity index is 2.12. The molecule has 0 aliphatic heterocycles. The first-order valence-corrected chi connectivity index (χ1v) is 8.30. The summed E-state index contributed by atoms with van der Waals surface area (Å²) >= 11 is 3.69. The van der Waals surface area contributed by atoms with Crippen LogP contribution >= 0.6 is 15.9 Å². The van der Waals surface area contributed by atoms with Crippen molar-refractivity contribution in [1.29, 1.82) is 0 Å². The zero-order valence-corrected chi connectivity index (χ0v) is 14.7. The molecule has 1 aromatic heterocycles. The molecule has 0 aliphatic rings. The smallest absolute Gasteiger partial charge is 0.0766 e. The van der Waals surface area contributed by atoms with Gasteiger partial charge in [0.1, 0.15) is 0 Å². The van der Waals surface area contributed by atoms with Gasteiger partial charge in [0.25, 0.3) is 0 Å². The minimum absolute atomic E-state index is 0.434. The van der Waals surface area contributed by atoms with Crippen molar-refractivity contribution in [2.45, 2.75) is 33.1 Å². The summed E-state index contributed by atoms with van der Waals surface area (Å²) in [4.78, 5) is 0. The highest BCUT2D eigenvalue weighted by molar-refractivity contribution is 9.10. The molecule has 2 N–H and O–H groups in total. The molecule has 2 rings (SSSR count). The Hall–Kier alpha value is -1.13. The molecule has 1 aromatic carbocycles. The first kappa shape index (κ1) is 16.2. The first-order chi connectivity index (χ1) is 10.0. The maximum atomic E-state index is 5.99. The first-order valence-electron chi connectivity index (χ1n) is 7.51. The summed E-state index contributed by atoms with van der Waals surface area (Å²) in [7, 11) is 2.01. The van der Waals surface area contributed by atoms with Crippen molar-refractivity contribution in [2.75, 3.05) is 6.54 Å². The lowest BCUT2D eigenvalue weighted by molar-refractivity contribution is 0.509. The van der Waals surface area contributed by atoms with Crippen molar-refractivity contribution in [3.05, 3.63) is 51.3 Å². The summed E-state index contributed by atoms with van der Waals surface area (Å²) < 4.78 is 3.13.